The van der Waals surface area contributed by atoms with Gasteiger partial charge >= 0.3 is 5.97 Å². The molecule has 7 heteroatoms. The number of ether oxygens (including phenoxy) is 2. The van der Waals surface area contributed by atoms with Crippen molar-refractivity contribution in [3.63, 3.8) is 0 Å². The summed E-state index contributed by atoms with van der Waals surface area (Å²) in [5.41, 5.74) is 2.08. The van der Waals surface area contributed by atoms with Gasteiger partial charge in [-0.3, -0.25) is 4.79 Å². The van der Waals surface area contributed by atoms with E-state index < -0.39 is 5.97 Å². The van der Waals surface area contributed by atoms with E-state index in [1.165, 1.54) is 6.08 Å². The van der Waals surface area contributed by atoms with Crippen LogP contribution in [0.3, 0.4) is 0 Å². The molecule has 1 aliphatic rings. The molecule has 1 amide bonds. The zero-order chi connectivity index (χ0) is 29.3. The number of hydrogen-bond donors (Lipinski definition) is 1. The van der Waals surface area contributed by atoms with E-state index in [0.717, 1.165) is 54.9 Å². The van der Waals surface area contributed by atoms with Crippen molar-refractivity contribution < 1.29 is 24.2 Å². The Balaban J connectivity index is 0.000000294. The molecule has 0 bridgehead atoms. The molecule has 1 saturated heterocycles. The van der Waals surface area contributed by atoms with Crippen LogP contribution in [-0.2, 0) is 9.59 Å². The lowest BCUT2D eigenvalue weighted by atomic mass is 10.2. The van der Waals surface area contributed by atoms with Gasteiger partial charge in [0.15, 0.2) is 0 Å². The molecule has 2 aromatic carbocycles. The van der Waals surface area contributed by atoms with Crippen LogP contribution in [0.15, 0.2) is 85.0 Å². The van der Waals surface area contributed by atoms with Gasteiger partial charge in [-0.05, 0) is 70.1 Å². The van der Waals surface area contributed by atoms with Gasteiger partial charge in [-0.15, -0.1) is 0 Å². The molecular weight excluding hydrogens is 504 g/mol. The molecule has 1 heterocycles. The van der Waals surface area contributed by atoms with Crippen LogP contribution in [0.5, 0.6) is 11.5 Å². The van der Waals surface area contributed by atoms with Crippen molar-refractivity contribution >= 4 is 24.0 Å². The number of amides is 1. The fourth-order valence-corrected chi connectivity index (χ4v) is 3.60. The van der Waals surface area contributed by atoms with Crippen LogP contribution in [0.1, 0.15) is 38.8 Å². The SMILES string of the molecule is CC(C)Oc1ccc(/C=C/C=C/C(=O)N2CCN(C)CC2)cc1.CC(C)Oc1ccc(/C=C/C=C/C(=O)O)cc1. The number of likely N-dealkylation sites (N-methyl/N-ethyl adjacent to an activating group) is 1. The molecule has 2 aromatic rings. The molecule has 0 unspecified atom stereocenters. The molecule has 3 rings (SSSR count). The quantitative estimate of drug-likeness (QED) is 0.293. The maximum atomic E-state index is 12.0. The minimum absolute atomic E-state index is 0.0865. The number of carboxylic acid groups (broad SMARTS) is 1. The molecule has 40 heavy (non-hydrogen) atoms. The highest BCUT2D eigenvalue weighted by molar-refractivity contribution is 5.88. The Morgan fingerprint density at radius 2 is 1.12 bits per heavy atom. The fraction of sp³-hybridized carbons (Fsp3) is 0.333. The van der Waals surface area contributed by atoms with Crippen LogP contribution in [0, 0.1) is 0 Å². The van der Waals surface area contributed by atoms with Gasteiger partial charge in [0.2, 0.25) is 5.91 Å². The minimum atomic E-state index is -0.949. The fourth-order valence-electron chi connectivity index (χ4n) is 3.60. The van der Waals surface area contributed by atoms with Crippen molar-refractivity contribution in [2.75, 3.05) is 33.2 Å². The van der Waals surface area contributed by atoms with Crippen LogP contribution in [0.4, 0.5) is 0 Å². The zero-order valence-corrected chi connectivity index (χ0v) is 24.2. The average Bonchev–Trinajstić information content (AvgIpc) is 2.91. The summed E-state index contributed by atoms with van der Waals surface area (Å²) in [6.07, 6.45) is 13.8. The lowest BCUT2D eigenvalue weighted by Gasteiger charge is -2.31. The minimum Gasteiger partial charge on any atom is -0.491 e. The van der Waals surface area contributed by atoms with Gasteiger partial charge in [0.1, 0.15) is 11.5 Å². The van der Waals surface area contributed by atoms with Gasteiger partial charge in [-0.25, -0.2) is 4.79 Å². The van der Waals surface area contributed by atoms with Crippen LogP contribution >= 0.6 is 0 Å². The Morgan fingerprint density at radius 3 is 1.52 bits per heavy atom. The summed E-state index contributed by atoms with van der Waals surface area (Å²) in [7, 11) is 2.08. The molecule has 0 saturated carbocycles. The summed E-state index contributed by atoms with van der Waals surface area (Å²) in [4.78, 5) is 26.4. The van der Waals surface area contributed by atoms with Crippen LogP contribution < -0.4 is 9.47 Å². The van der Waals surface area contributed by atoms with E-state index in [1.54, 1.807) is 18.2 Å². The van der Waals surface area contributed by atoms with Crippen molar-refractivity contribution in [3.8, 4) is 11.5 Å². The second-order valence-corrected chi connectivity index (χ2v) is 9.87. The summed E-state index contributed by atoms with van der Waals surface area (Å²) < 4.78 is 11.1. The highest BCUT2D eigenvalue weighted by Crippen LogP contribution is 2.15. The van der Waals surface area contributed by atoms with E-state index >= 15 is 0 Å². The van der Waals surface area contributed by atoms with E-state index in [0.29, 0.717) is 0 Å². The number of hydrogen-bond acceptors (Lipinski definition) is 5. The molecule has 214 valence electrons. The normalized spacial score (nSPS) is 14.4. The largest absolute Gasteiger partial charge is 0.491 e. The molecule has 0 atom stereocenters. The van der Waals surface area contributed by atoms with Crippen LogP contribution in [-0.4, -0.2) is 72.2 Å². The van der Waals surface area contributed by atoms with E-state index in [-0.39, 0.29) is 18.1 Å². The van der Waals surface area contributed by atoms with Gasteiger partial charge in [0, 0.05) is 38.3 Å². The zero-order valence-electron chi connectivity index (χ0n) is 24.2. The monoisotopic (exact) mass is 546 g/mol. The number of piperazine rings is 1. The average molecular weight is 547 g/mol. The van der Waals surface area contributed by atoms with Gasteiger partial charge in [0.05, 0.1) is 12.2 Å². The van der Waals surface area contributed by atoms with Crippen LogP contribution in [0.25, 0.3) is 12.2 Å². The van der Waals surface area contributed by atoms with Crippen molar-refractivity contribution in [2.45, 2.75) is 39.9 Å². The van der Waals surface area contributed by atoms with Gasteiger partial charge < -0.3 is 24.4 Å². The van der Waals surface area contributed by atoms with Crippen LogP contribution in [0.2, 0.25) is 0 Å². The molecule has 1 N–H and O–H groups in total. The Hall–Kier alpha value is -4.10. The van der Waals surface area contributed by atoms with E-state index in [4.69, 9.17) is 14.6 Å². The Morgan fingerprint density at radius 1 is 0.700 bits per heavy atom. The first-order valence-electron chi connectivity index (χ1n) is 13.6. The standard InChI is InChI=1S/C19H26N2O2.C14H16O3/c1-16(2)23-18-10-8-17(9-11-18)6-4-5-7-19(22)21-14-12-20(3)13-15-21;1-11(2)17-13-9-7-12(8-10-13)5-3-4-6-14(15)16/h4-11,16H,12-15H2,1-3H3;3-11H,1-2H3,(H,15,16)/b6-4+,7-5+;5-3+,6-4+. The van der Waals surface area contributed by atoms with E-state index in [1.807, 2.05) is 99.4 Å². The molecule has 0 spiro atoms. The van der Waals surface area contributed by atoms with Crippen molar-refractivity contribution in [3.05, 3.63) is 96.1 Å². The molecule has 1 fully saturated rings. The molecule has 0 radical (unpaired) electrons. The predicted octanol–water partition coefficient (Wildman–Crippen LogP) is 5.95. The van der Waals surface area contributed by atoms with Crippen molar-refractivity contribution in [1.82, 2.24) is 9.80 Å². The maximum absolute atomic E-state index is 12.0. The second kappa shape index (κ2) is 17.5. The van der Waals surface area contributed by atoms with E-state index in [9.17, 15) is 9.59 Å². The maximum Gasteiger partial charge on any atom is 0.328 e. The first kappa shape index (κ1) is 32.1. The Bertz CT molecular complexity index is 1150. The molecule has 0 aliphatic carbocycles. The third kappa shape index (κ3) is 13.6. The third-order valence-corrected chi connectivity index (χ3v) is 5.60. The van der Waals surface area contributed by atoms with Gasteiger partial charge in [-0.1, -0.05) is 60.7 Å². The first-order chi connectivity index (χ1) is 19.1. The summed E-state index contributed by atoms with van der Waals surface area (Å²) in [5.74, 6) is 0.843. The number of allylic oxidation sites excluding steroid dienone is 4. The summed E-state index contributed by atoms with van der Waals surface area (Å²) in [5, 5.41) is 8.39. The molecule has 0 aromatic heterocycles. The summed E-state index contributed by atoms with van der Waals surface area (Å²) in [6, 6.07) is 15.5. The van der Waals surface area contributed by atoms with Crippen molar-refractivity contribution in [1.29, 1.82) is 0 Å². The lowest BCUT2D eigenvalue weighted by Crippen LogP contribution is -2.46. The lowest BCUT2D eigenvalue weighted by molar-refractivity contribution is -0.131. The number of aliphatic carboxylic acids is 1. The Kier molecular flexibility index (Phi) is 14.0. The number of carboxylic acids is 1. The number of carbonyl (C=O) groups is 2. The van der Waals surface area contributed by atoms with Gasteiger partial charge in [0.25, 0.3) is 0 Å². The third-order valence-electron chi connectivity index (χ3n) is 5.60. The second-order valence-electron chi connectivity index (χ2n) is 9.87. The highest BCUT2D eigenvalue weighted by atomic mass is 16.5. The smallest absolute Gasteiger partial charge is 0.328 e. The number of carbonyl (C=O) groups excluding carboxylic acids is 1. The molecular formula is C33H42N2O5. The number of benzene rings is 2. The Labute approximate surface area is 238 Å². The topological polar surface area (TPSA) is 79.3 Å². The number of rotatable bonds is 10. The van der Waals surface area contributed by atoms with E-state index in [2.05, 4.69) is 11.9 Å². The molecule has 1 aliphatic heterocycles. The summed E-state index contributed by atoms with van der Waals surface area (Å²) in [6.45, 7) is 11.5. The van der Waals surface area contributed by atoms with Gasteiger partial charge in [-0.2, -0.15) is 0 Å². The predicted molar refractivity (Wildman–Crippen MR) is 162 cm³/mol. The first-order valence-corrected chi connectivity index (χ1v) is 13.6. The molecule has 7 nitrogen and oxygen atoms in total. The number of nitrogens with zero attached hydrogens (tertiary/aromatic N) is 2. The summed E-state index contributed by atoms with van der Waals surface area (Å²) >= 11 is 0. The highest BCUT2D eigenvalue weighted by Gasteiger charge is 2.16. The van der Waals surface area contributed by atoms with Crippen molar-refractivity contribution in [2.24, 2.45) is 0 Å².